The smallest absolute Gasteiger partial charge is 0.331 e. The molecule has 0 bridgehead atoms. The van der Waals surface area contributed by atoms with Crippen LogP contribution >= 0.6 is 22.9 Å². The number of nitrogens with zero attached hydrogens (tertiary/aromatic N) is 1. The van der Waals surface area contributed by atoms with Crippen LogP contribution in [-0.2, 0) is 14.3 Å². The summed E-state index contributed by atoms with van der Waals surface area (Å²) in [6.07, 6.45) is 1.85. The monoisotopic (exact) mass is 416 g/mol. The molecule has 0 aliphatic heterocycles. The van der Waals surface area contributed by atoms with Crippen LogP contribution < -0.4 is 10.1 Å². The number of benzene rings is 2. The Kier molecular flexibility index (Phi) is 6.28. The molecule has 1 aromatic heterocycles. The van der Waals surface area contributed by atoms with Crippen LogP contribution in [0.1, 0.15) is 11.9 Å². The van der Waals surface area contributed by atoms with E-state index in [-0.39, 0.29) is 0 Å². The number of esters is 1. The van der Waals surface area contributed by atoms with Gasteiger partial charge in [-0.15, -0.1) is 11.3 Å². The third-order valence-electron chi connectivity index (χ3n) is 3.75. The van der Waals surface area contributed by atoms with Crippen molar-refractivity contribution in [2.75, 3.05) is 12.4 Å². The summed E-state index contributed by atoms with van der Waals surface area (Å²) in [6.45, 7) is 1.49. The molecule has 2 aromatic carbocycles. The number of nitrogens with one attached hydrogen (secondary N) is 1. The maximum atomic E-state index is 12.2. The van der Waals surface area contributed by atoms with Crippen LogP contribution in [0.25, 0.3) is 16.3 Å². The summed E-state index contributed by atoms with van der Waals surface area (Å²) in [4.78, 5) is 28.6. The second-order valence-corrected chi connectivity index (χ2v) is 7.24. The molecule has 1 amide bonds. The summed E-state index contributed by atoms with van der Waals surface area (Å²) in [5, 5.41) is 3.69. The van der Waals surface area contributed by atoms with Crippen molar-refractivity contribution in [3.63, 3.8) is 0 Å². The van der Waals surface area contributed by atoms with Gasteiger partial charge in [-0.2, -0.15) is 0 Å². The number of hydrogen-bond donors (Lipinski definition) is 1. The summed E-state index contributed by atoms with van der Waals surface area (Å²) in [7, 11) is 1.50. The Hall–Kier alpha value is -2.90. The van der Waals surface area contributed by atoms with Gasteiger partial charge in [0, 0.05) is 11.8 Å². The average Bonchev–Trinajstić information content (AvgIpc) is 3.09. The van der Waals surface area contributed by atoms with Crippen LogP contribution in [0.4, 0.5) is 5.69 Å². The second kappa shape index (κ2) is 8.86. The molecule has 1 heterocycles. The van der Waals surface area contributed by atoms with Crippen molar-refractivity contribution in [2.45, 2.75) is 13.0 Å². The highest BCUT2D eigenvalue weighted by molar-refractivity contribution is 7.19. The predicted molar refractivity (Wildman–Crippen MR) is 111 cm³/mol. The van der Waals surface area contributed by atoms with Gasteiger partial charge >= 0.3 is 5.97 Å². The lowest BCUT2D eigenvalue weighted by Gasteiger charge is -2.13. The van der Waals surface area contributed by atoms with E-state index in [1.54, 1.807) is 24.3 Å². The maximum absolute atomic E-state index is 12.2. The van der Waals surface area contributed by atoms with E-state index in [1.807, 2.05) is 24.3 Å². The Morgan fingerprint density at radius 3 is 2.75 bits per heavy atom. The van der Waals surface area contributed by atoms with E-state index in [0.717, 1.165) is 10.2 Å². The summed E-state index contributed by atoms with van der Waals surface area (Å²) in [6, 6.07) is 12.5. The topological polar surface area (TPSA) is 77.5 Å². The van der Waals surface area contributed by atoms with Gasteiger partial charge in [0.05, 0.1) is 22.3 Å². The number of carbonyl (C=O) groups is 2. The number of thiazole rings is 1. The summed E-state index contributed by atoms with van der Waals surface area (Å²) < 4.78 is 11.2. The average molecular weight is 417 g/mol. The lowest BCUT2D eigenvalue weighted by molar-refractivity contribution is -0.148. The van der Waals surface area contributed by atoms with Crippen LogP contribution in [-0.4, -0.2) is 30.1 Å². The fourth-order valence-corrected chi connectivity index (χ4v) is 3.48. The number of anilines is 1. The van der Waals surface area contributed by atoms with E-state index in [0.29, 0.717) is 21.5 Å². The van der Waals surface area contributed by atoms with E-state index in [4.69, 9.17) is 21.1 Å². The van der Waals surface area contributed by atoms with Gasteiger partial charge in [0.25, 0.3) is 5.91 Å². The molecule has 0 unspecified atom stereocenters. The van der Waals surface area contributed by atoms with E-state index in [9.17, 15) is 9.59 Å². The lowest BCUT2D eigenvalue weighted by atomic mass is 10.3. The minimum atomic E-state index is -0.978. The number of aromatic nitrogens is 1. The standard InChI is InChI=1S/C20H17ClN2O4S/c1-12(20(25)22-13-7-8-16(26-2)14(21)11-13)27-19(24)10-9-18-23-15-5-3-4-6-17(15)28-18/h3-12H,1-2H3,(H,22,25)/b10-9+/t12-/m0/s1. The Morgan fingerprint density at radius 1 is 1.25 bits per heavy atom. The van der Waals surface area contributed by atoms with Gasteiger partial charge in [-0.3, -0.25) is 4.79 Å². The van der Waals surface area contributed by atoms with Gasteiger partial charge in [0.2, 0.25) is 0 Å². The fourth-order valence-electron chi connectivity index (χ4n) is 2.36. The van der Waals surface area contributed by atoms with Crippen molar-refractivity contribution in [1.82, 2.24) is 4.98 Å². The zero-order valence-electron chi connectivity index (χ0n) is 15.1. The van der Waals surface area contributed by atoms with E-state index < -0.39 is 18.0 Å². The lowest BCUT2D eigenvalue weighted by Crippen LogP contribution is -2.29. The number of para-hydroxylation sites is 1. The SMILES string of the molecule is COc1ccc(NC(=O)[C@H](C)OC(=O)/C=C/c2nc3ccccc3s2)cc1Cl. The first-order chi connectivity index (χ1) is 13.5. The number of amides is 1. The van der Waals surface area contributed by atoms with Crippen LogP contribution in [0.15, 0.2) is 48.5 Å². The van der Waals surface area contributed by atoms with Crippen molar-refractivity contribution in [3.8, 4) is 5.75 Å². The first-order valence-electron chi connectivity index (χ1n) is 8.35. The van der Waals surface area contributed by atoms with Gasteiger partial charge in [0.1, 0.15) is 10.8 Å². The molecule has 0 radical (unpaired) electrons. The molecule has 8 heteroatoms. The molecule has 0 spiro atoms. The van der Waals surface area contributed by atoms with Gasteiger partial charge in [-0.25, -0.2) is 9.78 Å². The third kappa shape index (κ3) is 4.88. The number of ether oxygens (including phenoxy) is 2. The minimum absolute atomic E-state index is 0.365. The van der Waals surface area contributed by atoms with Gasteiger partial charge < -0.3 is 14.8 Å². The van der Waals surface area contributed by atoms with Crippen molar-refractivity contribution in [2.24, 2.45) is 0 Å². The number of methoxy groups -OCH3 is 1. The van der Waals surface area contributed by atoms with E-state index in [2.05, 4.69) is 10.3 Å². The van der Waals surface area contributed by atoms with Crippen molar-refractivity contribution < 1.29 is 19.1 Å². The third-order valence-corrected chi connectivity index (χ3v) is 5.05. The maximum Gasteiger partial charge on any atom is 0.331 e. The molecule has 6 nitrogen and oxygen atoms in total. The van der Waals surface area contributed by atoms with Crippen LogP contribution in [0.2, 0.25) is 5.02 Å². The number of carbonyl (C=O) groups excluding carboxylic acids is 2. The molecular weight excluding hydrogens is 400 g/mol. The van der Waals surface area contributed by atoms with E-state index >= 15 is 0 Å². The van der Waals surface area contributed by atoms with E-state index in [1.165, 1.54) is 31.4 Å². The van der Waals surface area contributed by atoms with Gasteiger partial charge in [-0.1, -0.05) is 23.7 Å². The highest BCUT2D eigenvalue weighted by Crippen LogP contribution is 2.27. The van der Waals surface area contributed by atoms with Gasteiger partial charge in [0.15, 0.2) is 6.10 Å². The Morgan fingerprint density at radius 2 is 2.04 bits per heavy atom. The molecule has 0 saturated heterocycles. The highest BCUT2D eigenvalue weighted by Gasteiger charge is 2.17. The molecule has 3 rings (SSSR count). The first kappa shape index (κ1) is 19.9. The summed E-state index contributed by atoms with van der Waals surface area (Å²) >= 11 is 7.49. The quantitative estimate of drug-likeness (QED) is 0.471. The first-order valence-corrected chi connectivity index (χ1v) is 9.54. The molecule has 3 aromatic rings. The van der Waals surface area contributed by atoms with Gasteiger partial charge in [-0.05, 0) is 43.3 Å². The molecule has 0 aliphatic rings. The minimum Gasteiger partial charge on any atom is -0.495 e. The molecular formula is C20H17ClN2O4S. The zero-order chi connectivity index (χ0) is 20.1. The molecule has 1 N–H and O–H groups in total. The number of halogens is 1. The number of fused-ring (bicyclic) bond motifs is 1. The van der Waals surface area contributed by atoms with Crippen molar-refractivity contribution in [3.05, 3.63) is 58.6 Å². The number of rotatable bonds is 6. The Bertz CT molecular complexity index is 1010. The summed E-state index contributed by atoms with van der Waals surface area (Å²) in [5.74, 6) is -0.600. The van der Waals surface area contributed by atoms with Crippen LogP contribution in [0.3, 0.4) is 0 Å². The van der Waals surface area contributed by atoms with Crippen molar-refractivity contribution in [1.29, 1.82) is 0 Å². The molecule has 0 aliphatic carbocycles. The Labute approximate surface area is 170 Å². The normalized spacial score (nSPS) is 12.1. The molecule has 1 atom stereocenters. The Balaban J connectivity index is 1.57. The van der Waals surface area contributed by atoms with Crippen LogP contribution in [0.5, 0.6) is 5.75 Å². The highest BCUT2D eigenvalue weighted by atomic mass is 35.5. The predicted octanol–water partition coefficient (Wildman–Crippen LogP) is 4.54. The molecule has 144 valence electrons. The fraction of sp³-hybridized carbons (Fsp3) is 0.150. The summed E-state index contributed by atoms with van der Waals surface area (Å²) in [5.41, 5.74) is 1.34. The van der Waals surface area contributed by atoms with Crippen LogP contribution in [0, 0.1) is 0 Å². The molecule has 28 heavy (non-hydrogen) atoms. The molecule has 0 saturated carbocycles. The second-order valence-electron chi connectivity index (χ2n) is 5.77. The molecule has 0 fully saturated rings. The zero-order valence-corrected chi connectivity index (χ0v) is 16.7. The largest absolute Gasteiger partial charge is 0.495 e. The number of hydrogen-bond acceptors (Lipinski definition) is 6. The van der Waals surface area contributed by atoms with Crippen molar-refractivity contribution >= 4 is 56.8 Å².